The molecule has 0 spiro atoms. The topological polar surface area (TPSA) is 150 Å². The molecular formula is C41H52ClF3N8O5S. The Morgan fingerprint density at radius 1 is 1.02 bits per heavy atom. The van der Waals surface area contributed by atoms with E-state index >= 15 is 0 Å². The monoisotopic (exact) mass is 860 g/mol. The molecule has 4 amide bonds. The molecule has 1 saturated carbocycles. The summed E-state index contributed by atoms with van der Waals surface area (Å²) in [6.45, 7) is 11.1. The standard InChI is InChI=1S/C41H51F3N8O5S.ClH/c1-25-22-49(23-26(2)50(25)24-36(54)47-29-8-5-7-28(19-29)46-34-15-16-35(53)48-37(34)55)17-6-18-57-32-13-11-30(12-14-32)52-39(58)51(38(56)40(52,3)4)31-10-9-27(21-45)33(20-31)41(42,43)44;/h5,7-10,19-20,25-26,30,32,34,46H,6,11-18,22-24H2,1-4H3,(H,47,54)(H,48,53,55);1H/t25-,26+,30?,32?,34?;. The zero-order chi connectivity index (χ0) is 41.9. The zero-order valence-electron chi connectivity index (χ0n) is 33.6. The lowest BCUT2D eigenvalue weighted by Crippen LogP contribution is -2.58. The van der Waals surface area contributed by atoms with Crippen LogP contribution >= 0.6 is 24.6 Å². The molecule has 3 heterocycles. The molecule has 4 fully saturated rings. The molecule has 2 aromatic rings. The first-order chi connectivity index (χ1) is 27.5. The van der Waals surface area contributed by atoms with Crippen LogP contribution in [0, 0.1) is 11.3 Å². The number of halogens is 4. The average molecular weight is 861 g/mol. The summed E-state index contributed by atoms with van der Waals surface area (Å²) in [6.07, 6.45) is -0.227. The number of benzene rings is 2. The number of alkyl halides is 3. The number of carbonyl (C=O) groups is 4. The Morgan fingerprint density at radius 3 is 2.34 bits per heavy atom. The SMILES string of the molecule is C[C@@H]1CN(CCCOC2CCC(N3C(=S)N(c4ccc(C#N)c(C(F)(F)F)c4)C(=O)C3(C)C)CC2)C[C@H](C)N1CC(=O)Nc1cccc(NC2CCC(=O)NC2=O)c1.Cl. The molecule has 59 heavy (non-hydrogen) atoms. The van der Waals surface area contributed by atoms with Gasteiger partial charge in [-0.05, 0) is 115 Å². The Morgan fingerprint density at radius 2 is 1.69 bits per heavy atom. The van der Waals surface area contributed by atoms with E-state index in [1.165, 1.54) is 6.07 Å². The third-order valence-electron chi connectivity index (χ3n) is 11.6. The fourth-order valence-corrected chi connectivity index (χ4v) is 9.27. The number of hydrogen-bond donors (Lipinski definition) is 3. The number of anilines is 3. The molecule has 0 bridgehead atoms. The molecule has 13 nitrogen and oxygen atoms in total. The number of imide groups is 1. The van der Waals surface area contributed by atoms with Crippen molar-refractivity contribution in [3.8, 4) is 6.07 Å². The number of piperidine rings is 1. The fraction of sp³-hybridized carbons (Fsp3) is 0.561. The van der Waals surface area contributed by atoms with Crippen molar-refractivity contribution in [2.75, 3.05) is 48.3 Å². The van der Waals surface area contributed by atoms with Gasteiger partial charge in [-0.25, -0.2) is 0 Å². The smallest absolute Gasteiger partial charge is 0.378 e. The summed E-state index contributed by atoms with van der Waals surface area (Å²) in [5, 5.41) is 17.8. The number of nitriles is 1. The molecule has 0 radical (unpaired) electrons. The first-order valence-corrected chi connectivity index (χ1v) is 20.3. The molecule has 3 N–H and O–H groups in total. The number of nitrogens with zero attached hydrogens (tertiary/aromatic N) is 5. The van der Waals surface area contributed by atoms with Crippen LogP contribution in [0.5, 0.6) is 0 Å². The second kappa shape index (κ2) is 18.9. The molecule has 320 valence electrons. The molecule has 3 saturated heterocycles. The Kier molecular flexibility index (Phi) is 14.7. The summed E-state index contributed by atoms with van der Waals surface area (Å²) in [4.78, 5) is 58.0. The predicted molar refractivity (Wildman–Crippen MR) is 223 cm³/mol. The molecule has 1 aliphatic carbocycles. The van der Waals surface area contributed by atoms with Crippen molar-refractivity contribution < 1.29 is 37.1 Å². The molecule has 2 aromatic carbocycles. The second-order valence-electron chi connectivity index (χ2n) is 16.3. The maximum absolute atomic E-state index is 13.7. The van der Waals surface area contributed by atoms with Gasteiger partial charge >= 0.3 is 6.18 Å². The van der Waals surface area contributed by atoms with Crippen LogP contribution in [-0.2, 0) is 30.1 Å². The number of nitrogens with one attached hydrogen (secondary N) is 3. The van der Waals surface area contributed by atoms with Crippen LogP contribution in [0.1, 0.15) is 83.8 Å². The minimum Gasteiger partial charge on any atom is -0.378 e. The van der Waals surface area contributed by atoms with Crippen molar-refractivity contribution in [1.29, 1.82) is 5.26 Å². The number of ether oxygens (including phenoxy) is 1. The van der Waals surface area contributed by atoms with Crippen molar-refractivity contribution in [3.05, 3.63) is 53.6 Å². The Hall–Kier alpha value is -4.34. The summed E-state index contributed by atoms with van der Waals surface area (Å²) < 4.78 is 47.5. The molecule has 6 rings (SSSR count). The van der Waals surface area contributed by atoms with Crippen LogP contribution in [0.2, 0.25) is 0 Å². The number of rotatable bonds is 12. The summed E-state index contributed by atoms with van der Waals surface area (Å²) >= 11 is 5.74. The lowest BCUT2D eigenvalue weighted by Gasteiger charge is -2.44. The van der Waals surface area contributed by atoms with Crippen LogP contribution in [0.4, 0.5) is 30.2 Å². The summed E-state index contributed by atoms with van der Waals surface area (Å²) in [5.41, 5.74) is -1.40. The largest absolute Gasteiger partial charge is 0.417 e. The molecule has 3 atom stereocenters. The number of carbonyl (C=O) groups excluding carboxylic acids is 4. The van der Waals surface area contributed by atoms with Gasteiger partial charge in [-0.2, -0.15) is 18.4 Å². The highest BCUT2D eigenvalue weighted by molar-refractivity contribution is 7.80. The van der Waals surface area contributed by atoms with Crippen molar-refractivity contribution in [2.45, 2.75) is 115 Å². The molecule has 3 aliphatic heterocycles. The maximum Gasteiger partial charge on any atom is 0.417 e. The van der Waals surface area contributed by atoms with Gasteiger partial charge in [0.05, 0.1) is 35.5 Å². The Labute approximate surface area is 354 Å². The van der Waals surface area contributed by atoms with E-state index in [2.05, 4.69) is 39.6 Å². The molecule has 18 heteroatoms. The first-order valence-electron chi connectivity index (χ1n) is 19.8. The van der Waals surface area contributed by atoms with Gasteiger partial charge in [-0.3, -0.25) is 34.3 Å². The Balaban J connectivity index is 0.00000661. The summed E-state index contributed by atoms with van der Waals surface area (Å²) in [6, 6.07) is 11.7. The van der Waals surface area contributed by atoms with E-state index in [0.29, 0.717) is 37.2 Å². The highest BCUT2D eigenvalue weighted by Crippen LogP contribution is 2.40. The van der Waals surface area contributed by atoms with E-state index in [1.54, 1.807) is 38.1 Å². The highest BCUT2D eigenvalue weighted by Gasteiger charge is 2.52. The van der Waals surface area contributed by atoms with Gasteiger partial charge in [-0.1, -0.05) is 6.07 Å². The Bertz CT molecular complexity index is 1940. The van der Waals surface area contributed by atoms with E-state index in [4.69, 9.17) is 17.0 Å². The zero-order valence-corrected chi connectivity index (χ0v) is 35.3. The van der Waals surface area contributed by atoms with Crippen LogP contribution in [0.15, 0.2) is 42.5 Å². The quantitative estimate of drug-likeness (QED) is 0.138. The van der Waals surface area contributed by atoms with E-state index in [1.807, 2.05) is 11.0 Å². The lowest BCUT2D eigenvalue weighted by atomic mass is 9.89. The van der Waals surface area contributed by atoms with Gasteiger partial charge in [0.2, 0.25) is 17.7 Å². The summed E-state index contributed by atoms with van der Waals surface area (Å²) in [7, 11) is 0. The summed E-state index contributed by atoms with van der Waals surface area (Å²) in [5.74, 6) is -1.17. The van der Waals surface area contributed by atoms with Crippen LogP contribution in [0.25, 0.3) is 0 Å². The van der Waals surface area contributed by atoms with Gasteiger partial charge in [0, 0.05) is 62.2 Å². The van der Waals surface area contributed by atoms with E-state index in [9.17, 15) is 37.6 Å². The highest BCUT2D eigenvalue weighted by atomic mass is 35.5. The van der Waals surface area contributed by atoms with Crippen molar-refractivity contribution in [1.82, 2.24) is 20.0 Å². The van der Waals surface area contributed by atoms with Crippen LogP contribution in [-0.4, -0.2) is 112 Å². The fourth-order valence-electron chi connectivity index (χ4n) is 8.71. The molecule has 4 aliphatic rings. The minimum absolute atomic E-state index is 0. The minimum atomic E-state index is -4.76. The van der Waals surface area contributed by atoms with Crippen molar-refractivity contribution >= 4 is 70.4 Å². The van der Waals surface area contributed by atoms with Crippen molar-refractivity contribution in [3.63, 3.8) is 0 Å². The number of hydrogen-bond acceptors (Lipinski definition) is 10. The second-order valence-corrected chi connectivity index (χ2v) is 16.6. The van der Waals surface area contributed by atoms with Gasteiger partial charge in [0.1, 0.15) is 11.6 Å². The first kappa shape index (κ1) is 45.7. The lowest BCUT2D eigenvalue weighted by molar-refractivity contribution is -0.138. The average Bonchev–Trinajstić information content (AvgIpc) is 3.34. The normalized spacial score (nSPS) is 25.3. The van der Waals surface area contributed by atoms with E-state index in [-0.39, 0.29) is 78.1 Å². The van der Waals surface area contributed by atoms with Crippen LogP contribution in [0.3, 0.4) is 0 Å². The molecule has 1 unspecified atom stereocenters. The van der Waals surface area contributed by atoms with Crippen LogP contribution < -0.4 is 20.9 Å². The number of piperazine rings is 1. The van der Waals surface area contributed by atoms with E-state index < -0.39 is 34.8 Å². The van der Waals surface area contributed by atoms with Gasteiger partial charge in [0.15, 0.2) is 5.11 Å². The van der Waals surface area contributed by atoms with E-state index in [0.717, 1.165) is 55.9 Å². The van der Waals surface area contributed by atoms with Gasteiger partial charge in [0.25, 0.3) is 5.91 Å². The number of amides is 4. The molecular weight excluding hydrogens is 809 g/mol. The predicted octanol–water partition coefficient (Wildman–Crippen LogP) is 5.68. The maximum atomic E-state index is 13.7. The number of thiocarbonyl (C=S) groups is 1. The van der Waals surface area contributed by atoms with Crippen molar-refractivity contribution in [2.24, 2.45) is 0 Å². The third-order valence-corrected chi connectivity index (χ3v) is 12.0. The van der Waals surface area contributed by atoms with Gasteiger partial charge < -0.3 is 25.2 Å². The van der Waals surface area contributed by atoms with Gasteiger partial charge in [-0.15, -0.1) is 12.4 Å². The molecule has 0 aromatic heterocycles. The third kappa shape index (κ3) is 10.5.